The molecule has 3 nitrogen and oxygen atoms in total. The van der Waals surface area contributed by atoms with Gasteiger partial charge in [-0.05, 0) is 17.7 Å². The first kappa shape index (κ1) is 8.94. The SMILES string of the molecule is CNc1ccc(C2=CN(C)CN2)cc1. The van der Waals surface area contributed by atoms with E-state index in [0.29, 0.717) is 0 Å². The summed E-state index contributed by atoms with van der Waals surface area (Å²) in [5, 5.41) is 6.43. The lowest BCUT2D eigenvalue weighted by Crippen LogP contribution is -2.16. The Morgan fingerprint density at radius 3 is 2.50 bits per heavy atom. The van der Waals surface area contributed by atoms with Crippen molar-refractivity contribution >= 4 is 11.4 Å². The van der Waals surface area contributed by atoms with Gasteiger partial charge >= 0.3 is 0 Å². The molecule has 0 fully saturated rings. The van der Waals surface area contributed by atoms with Gasteiger partial charge < -0.3 is 15.5 Å². The molecule has 1 aliphatic rings. The molecule has 2 N–H and O–H groups in total. The maximum atomic E-state index is 3.33. The fraction of sp³-hybridized carbons (Fsp3) is 0.273. The normalized spacial score (nSPS) is 15.0. The van der Waals surface area contributed by atoms with Crippen LogP contribution in [-0.2, 0) is 0 Å². The highest BCUT2D eigenvalue weighted by atomic mass is 15.2. The zero-order chi connectivity index (χ0) is 9.97. The highest BCUT2D eigenvalue weighted by Crippen LogP contribution is 2.17. The Morgan fingerprint density at radius 2 is 2.00 bits per heavy atom. The van der Waals surface area contributed by atoms with Crippen LogP contribution in [0.5, 0.6) is 0 Å². The van der Waals surface area contributed by atoms with Gasteiger partial charge in [-0.25, -0.2) is 0 Å². The lowest BCUT2D eigenvalue weighted by Gasteiger charge is -2.04. The molecule has 0 unspecified atom stereocenters. The lowest BCUT2D eigenvalue weighted by molar-refractivity contribution is 0.475. The number of anilines is 1. The number of nitrogens with zero attached hydrogens (tertiary/aromatic N) is 1. The molecule has 1 aromatic carbocycles. The molecule has 74 valence electrons. The van der Waals surface area contributed by atoms with Gasteiger partial charge in [0.05, 0.1) is 12.4 Å². The van der Waals surface area contributed by atoms with Gasteiger partial charge in [0.2, 0.25) is 0 Å². The Morgan fingerprint density at radius 1 is 1.29 bits per heavy atom. The van der Waals surface area contributed by atoms with Crippen molar-refractivity contribution in [3.63, 3.8) is 0 Å². The fourth-order valence-electron chi connectivity index (χ4n) is 1.51. The highest BCUT2D eigenvalue weighted by Gasteiger charge is 2.08. The Labute approximate surface area is 84.4 Å². The van der Waals surface area contributed by atoms with Gasteiger partial charge in [-0.1, -0.05) is 12.1 Å². The maximum Gasteiger partial charge on any atom is 0.0869 e. The third kappa shape index (κ3) is 1.66. The van der Waals surface area contributed by atoms with Crippen LogP contribution in [-0.4, -0.2) is 25.7 Å². The molecule has 0 atom stereocenters. The van der Waals surface area contributed by atoms with Crippen LogP contribution in [0.3, 0.4) is 0 Å². The third-order valence-corrected chi connectivity index (χ3v) is 2.35. The summed E-state index contributed by atoms with van der Waals surface area (Å²) in [6.07, 6.45) is 2.12. The first-order chi connectivity index (χ1) is 6.79. The van der Waals surface area contributed by atoms with E-state index in [2.05, 4.69) is 53.0 Å². The van der Waals surface area contributed by atoms with E-state index in [1.165, 1.54) is 11.3 Å². The van der Waals surface area contributed by atoms with Crippen molar-refractivity contribution in [3.8, 4) is 0 Å². The molecule has 2 rings (SSSR count). The lowest BCUT2D eigenvalue weighted by atomic mass is 10.1. The van der Waals surface area contributed by atoms with Crippen molar-refractivity contribution in [3.05, 3.63) is 36.0 Å². The van der Waals surface area contributed by atoms with Crippen LogP contribution in [0.15, 0.2) is 30.5 Å². The Balaban J connectivity index is 2.21. The zero-order valence-electron chi connectivity index (χ0n) is 8.54. The van der Waals surface area contributed by atoms with Crippen LogP contribution in [0.4, 0.5) is 5.69 Å². The fourth-order valence-corrected chi connectivity index (χ4v) is 1.51. The van der Waals surface area contributed by atoms with Gasteiger partial charge in [-0.2, -0.15) is 0 Å². The Kier molecular flexibility index (Phi) is 2.31. The molecule has 1 heterocycles. The summed E-state index contributed by atoms with van der Waals surface area (Å²) in [5.41, 5.74) is 3.56. The summed E-state index contributed by atoms with van der Waals surface area (Å²) in [6.45, 7) is 0.892. The third-order valence-electron chi connectivity index (χ3n) is 2.35. The van der Waals surface area contributed by atoms with Crippen molar-refractivity contribution in [2.45, 2.75) is 0 Å². The number of hydrogen-bond acceptors (Lipinski definition) is 3. The van der Waals surface area contributed by atoms with Gasteiger partial charge in [0, 0.05) is 26.0 Å². The van der Waals surface area contributed by atoms with Crippen LogP contribution in [0, 0.1) is 0 Å². The van der Waals surface area contributed by atoms with Crippen LogP contribution in [0.1, 0.15) is 5.56 Å². The van der Waals surface area contributed by atoms with Crippen molar-refractivity contribution in [1.82, 2.24) is 10.2 Å². The first-order valence-electron chi connectivity index (χ1n) is 4.74. The van der Waals surface area contributed by atoms with Crippen LogP contribution < -0.4 is 10.6 Å². The predicted molar refractivity (Wildman–Crippen MR) is 59.7 cm³/mol. The predicted octanol–water partition coefficient (Wildman–Crippen LogP) is 1.52. The number of benzene rings is 1. The van der Waals surface area contributed by atoms with E-state index in [9.17, 15) is 0 Å². The molecule has 0 bridgehead atoms. The van der Waals surface area contributed by atoms with Crippen molar-refractivity contribution < 1.29 is 0 Å². The second kappa shape index (κ2) is 3.62. The molecule has 0 radical (unpaired) electrons. The summed E-state index contributed by atoms with van der Waals surface area (Å²) < 4.78 is 0. The van der Waals surface area contributed by atoms with Gasteiger partial charge in [-0.3, -0.25) is 0 Å². The molecule has 0 spiro atoms. The second-order valence-electron chi connectivity index (χ2n) is 3.46. The van der Waals surface area contributed by atoms with E-state index in [-0.39, 0.29) is 0 Å². The Bertz CT molecular complexity index is 340. The van der Waals surface area contributed by atoms with E-state index in [1.807, 2.05) is 7.05 Å². The van der Waals surface area contributed by atoms with Gasteiger partial charge in [0.1, 0.15) is 0 Å². The van der Waals surface area contributed by atoms with Crippen molar-refractivity contribution in [1.29, 1.82) is 0 Å². The van der Waals surface area contributed by atoms with E-state index in [0.717, 1.165) is 12.4 Å². The molecule has 14 heavy (non-hydrogen) atoms. The average Bonchev–Trinajstić information content (AvgIpc) is 2.65. The summed E-state index contributed by atoms with van der Waals surface area (Å²) in [4.78, 5) is 2.13. The summed E-state index contributed by atoms with van der Waals surface area (Å²) in [7, 11) is 3.98. The zero-order valence-corrected chi connectivity index (χ0v) is 8.54. The number of hydrogen-bond donors (Lipinski definition) is 2. The van der Waals surface area contributed by atoms with Crippen molar-refractivity contribution in [2.24, 2.45) is 0 Å². The molecule has 0 saturated carbocycles. The number of rotatable bonds is 2. The Hall–Kier alpha value is -1.64. The molecule has 1 aromatic rings. The van der Waals surface area contributed by atoms with E-state index >= 15 is 0 Å². The van der Waals surface area contributed by atoms with Crippen LogP contribution in [0.25, 0.3) is 5.70 Å². The first-order valence-corrected chi connectivity index (χ1v) is 4.74. The summed E-state index contributed by atoms with van der Waals surface area (Å²) in [6, 6.07) is 8.39. The molecule has 0 amide bonds. The maximum absolute atomic E-state index is 3.33. The standard InChI is InChI=1S/C11H15N3/c1-12-10-5-3-9(4-6-10)11-7-14(2)8-13-11/h3-7,12-13H,8H2,1-2H3. The topological polar surface area (TPSA) is 27.3 Å². The minimum atomic E-state index is 0.892. The van der Waals surface area contributed by atoms with Gasteiger partial charge in [-0.15, -0.1) is 0 Å². The van der Waals surface area contributed by atoms with Crippen LogP contribution >= 0.6 is 0 Å². The summed E-state index contributed by atoms with van der Waals surface area (Å²) in [5.74, 6) is 0. The quantitative estimate of drug-likeness (QED) is 0.738. The number of nitrogens with one attached hydrogen (secondary N) is 2. The summed E-state index contributed by atoms with van der Waals surface area (Å²) >= 11 is 0. The monoisotopic (exact) mass is 189 g/mol. The second-order valence-corrected chi connectivity index (χ2v) is 3.46. The van der Waals surface area contributed by atoms with Gasteiger partial charge in [0.15, 0.2) is 0 Å². The molecular formula is C11H15N3. The van der Waals surface area contributed by atoms with E-state index < -0.39 is 0 Å². The highest BCUT2D eigenvalue weighted by molar-refractivity contribution is 5.66. The van der Waals surface area contributed by atoms with Gasteiger partial charge in [0.25, 0.3) is 0 Å². The van der Waals surface area contributed by atoms with E-state index in [4.69, 9.17) is 0 Å². The smallest absolute Gasteiger partial charge is 0.0869 e. The van der Waals surface area contributed by atoms with Crippen molar-refractivity contribution in [2.75, 3.05) is 26.1 Å². The molecule has 0 aromatic heterocycles. The molecular weight excluding hydrogens is 174 g/mol. The largest absolute Gasteiger partial charge is 0.388 e. The molecule has 0 aliphatic carbocycles. The van der Waals surface area contributed by atoms with E-state index in [1.54, 1.807) is 0 Å². The average molecular weight is 189 g/mol. The minimum absolute atomic E-state index is 0.892. The van der Waals surface area contributed by atoms with Crippen LogP contribution in [0.2, 0.25) is 0 Å². The molecule has 1 aliphatic heterocycles. The molecule has 0 saturated heterocycles. The molecule has 3 heteroatoms. The minimum Gasteiger partial charge on any atom is -0.388 e.